The van der Waals surface area contributed by atoms with Gasteiger partial charge in [-0.05, 0) is 45.2 Å². The highest BCUT2D eigenvalue weighted by Crippen LogP contribution is 2.26. The van der Waals surface area contributed by atoms with Crippen molar-refractivity contribution in [3.8, 4) is 11.5 Å². The highest BCUT2D eigenvalue weighted by molar-refractivity contribution is 5.80. The Hall–Kier alpha value is -2.44. The van der Waals surface area contributed by atoms with Crippen molar-refractivity contribution in [2.75, 3.05) is 26.7 Å². The number of amides is 1. The molecule has 7 nitrogen and oxygen atoms in total. The predicted octanol–water partition coefficient (Wildman–Crippen LogP) is 2.08. The summed E-state index contributed by atoms with van der Waals surface area (Å²) in [4.78, 5) is 16.3. The summed E-state index contributed by atoms with van der Waals surface area (Å²) in [5, 5.41) is 9.48. The molecular weight excluding hydrogens is 344 g/mol. The second-order valence-corrected chi connectivity index (χ2v) is 6.67. The molecule has 27 heavy (non-hydrogen) atoms. The number of methoxy groups -OCH3 is 1. The van der Waals surface area contributed by atoms with E-state index in [-0.39, 0.29) is 12.0 Å². The zero-order valence-electron chi connectivity index (χ0n) is 16.6. The molecule has 1 amide bonds. The van der Waals surface area contributed by atoms with Gasteiger partial charge in [-0.3, -0.25) is 4.79 Å². The SMILES string of the molecule is CCNC(=NCC(C)Oc1ccccc1OC)NCCCC(=O)NC1CC1. The van der Waals surface area contributed by atoms with Gasteiger partial charge < -0.3 is 25.4 Å². The summed E-state index contributed by atoms with van der Waals surface area (Å²) in [6.07, 6.45) is 3.46. The lowest BCUT2D eigenvalue weighted by Crippen LogP contribution is -2.39. The van der Waals surface area contributed by atoms with Crippen molar-refractivity contribution in [2.24, 2.45) is 4.99 Å². The minimum Gasteiger partial charge on any atom is -0.493 e. The number of hydrogen-bond acceptors (Lipinski definition) is 4. The van der Waals surface area contributed by atoms with Gasteiger partial charge >= 0.3 is 0 Å². The normalized spacial score (nSPS) is 15.0. The topological polar surface area (TPSA) is 84.0 Å². The van der Waals surface area contributed by atoms with E-state index < -0.39 is 0 Å². The maximum Gasteiger partial charge on any atom is 0.220 e. The summed E-state index contributed by atoms with van der Waals surface area (Å²) < 4.78 is 11.2. The molecule has 1 saturated carbocycles. The van der Waals surface area contributed by atoms with E-state index in [1.165, 1.54) is 0 Å². The van der Waals surface area contributed by atoms with Gasteiger partial charge in [-0.25, -0.2) is 4.99 Å². The molecule has 0 radical (unpaired) electrons. The van der Waals surface area contributed by atoms with Gasteiger partial charge in [0.1, 0.15) is 6.10 Å². The fourth-order valence-electron chi connectivity index (χ4n) is 2.52. The van der Waals surface area contributed by atoms with Crippen LogP contribution in [0, 0.1) is 0 Å². The number of para-hydroxylation sites is 2. The molecule has 0 heterocycles. The summed E-state index contributed by atoms with van der Waals surface area (Å²) >= 11 is 0. The van der Waals surface area contributed by atoms with Crippen molar-refractivity contribution in [2.45, 2.75) is 51.7 Å². The van der Waals surface area contributed by atoms with E-state index in [0.29, 0.717) is 37.1 Å². The van der Waals surface area contributed by atoms with Crippen LogP contribution in [0.3, 0.4) is 0 Å². The van der Waals surface area contributed by atoms with Crippen LogP contribution in [0.1, 0.15) is 39.5 Å². The highest BCUT2D eigenvalue weighted by atomic mass is 16.5. The number of aliphatic imine (C=N–C) groups is 1. The van der Waals surface area contributed by atoms with E-state index in [1.54, 1.807) is 7.11 Å². The van der Waals surface area contributed by atoms with Crippen LogP contribution in [0.5, 0.6) is 11.5 Å². The third-order valence-electron chi connectivity index (χ3n) is 4.06. The third kappa shape index (κ3) is 8.19. The smallest absolute Gasteiger partial charge is 0.220 e. The van der Waals surface area contributed by atoms with Crippen LogP contribution < -0.4 is 25.4 Å². The Morgan fingerprint density at radius 3 is 2.67 bits per heavy atom. The van der Waals surface area contributed by atoms with E-state index in [1.807, 2.05) is 38.1 Å². The second-order valence-electron chi connectivity index (χ2n) is 6.67. The highest BCUT2D eigenvalue weighted by Gasteiger charge is 2.22. The van der Waals surface area contributed by atoms with E-state index in [9.17, 15) is 4.79 Å². The number of nitrogens with zero attached hydrogens (tertiary/aromatic N) is 1. The molecule has 1 aromatic carbocycles. The molecular formula is C20H32N4O3. The molecule has 150 valence electrons. The van der Waals surface area contributed by atoms with Gasteiger partial charge in [0.05, 0.1) is 13.7 Å². The van der Waals surface area contributed by atoms with Gasteiger partial charge in [-0.1, -0.05) is 12.1 Å². The summed E-state index contributed by atoms with van der Waals surface area (Å²) in [5.74, 6) is 2.29. The lowest BCUT2D eigenvalue weighted by Gasteiger charge is -2.16. The fraction of sp³-hybridized carbons (Fsp3) is 0.600. The zero-order chi connectivity index (χ0) is 19.5. The summed E-state index contributed by atoms with van der Waals surface area (Å²) in [6, 6.07) is 8.01. The first-order chi connectivity index (χ1) is 13.1. The average molecular weight is 377 g/mol. The number of nitrogens with one attached hydrogen (secondary N) is 3. The molecule has 0 aromatic heterocycles. The molecule has 1 atom stereocenters. The van der Waals surface area contributed by atoms with Crippen molar-refractivity contribution in [1.82, 2.24) is 16.0 Å². The van der Waals surface area contributed by atoms with Crippen LogP contribution in [0.4, 0.5) is 0 Å². The minimum atomic E-state index is -0.0962. The molecule has 1 unspecified atom stereocenters. The van der Waals surface area contributed by atoms with E-state index in [0.717, 1.165) is 31.8 Å². The minimum absolute atomic E-state index is 0.0962. The van der Waals surface area contributed by atoms with Crippen LogP contribution in [-0.2, 0) is 4.79 Å². The standard InChI is InChI=1S/C20H32N4O3/c1-4-21-20(22-13-7-10-19(25)24-16-11-12-16)23-14-15(2)27-18-9-6-5-8-17(18)26-3/h5-6,8-9,15-16H,4,7,10-14H2,1-3H3,(H,24,25)(H2,21,22,23). The van der Waals surface area contributed by atoms with Crippen LogP contribution >= 0.6 is 0 Å². The van der Waals surface area contributed by atoms with Crippen molar-refractivity contribution in [3.63, 3.8) is 0 Å². The van der Waals surface area contributed by atoms with Gasteiger partial charge in [0.15, 0.2) is 17.5 Å². The Bertz CT molecular complexity index is 617. The molecule has 0 bridgehead atoms. The first-order valence-corrected chi connectivity index (χ1v) is 9.73. The Balaban J connectivity index is 1.73. The molecule has 0 saturated heterocycles. The first kappa shape index (κ1) is 20.9. The maximum atomic E-state index is 11.7. The number of carbonyl (C=O) groups is 1. The number of rotatable bonds is 11. The monoisotopic (exact) mass is 376 g/mol. The Morgan fingerprint density at radius 1 is 1.26 bits per heavy atom. The lowest BCUT2D eigenvalue weighted by atomic mass is 10.3. The third-order valence-corrected chi connectivity index (χ3v) is 4.06. The number of ether oxygens (including phenoxy) is 2. The molecule has 0 spiro atoms. The van der Waals surface area contributed by atoms with E-state index in [4.69, 9.17) is 9.47 Å². The van der Waals surface area contributed by atoms with E-state index >= 15 is 0 Å². The fourth-order valence-corrected chi connectivity index (χ4v) is 2.52. The Labute approximate surface area is 161 Å². The van der Waals surface area contributed by atoms with Gasteiger partial charge in [-0.2, -0.15) is 0 Å². The summed E-state index contributed by atoms with van der Waals surface area (Å²) in [7, 11) is 1.63. The molecule has 3 N–H and O–H groups in total. The molecule has 7 heteroatoms. The van der Waals surface area contributed by atoms with Gasteiger partial charge in [0.2, 0.25) is 5.91 Å². The molecule has 0 aliphatic heterocycles. The van der Waals surface area contributed by atoms with Crippen LogP contribution in [-0.4, -0.2) is 50.8 Å². The Morgan fingerprint density at radius 2 is 2.00 bits per heavy atom. The Kier molecular flexibility index (Phi) is 8.74. The number of guanidine groups is 1. The predicted molar refractivity (Wildman–Crippen MR) is 107 cm³/mol. The molecule has 1 fully saturated rings. The lowest BCUT2D eigenvalue weighted by molar-refractivity contribution is -0.121. The van der Waals surface area contributed by atoms with Crippen LogP contribution in [0.15, 0.2) is 29.3 Å². The average Bonchev–Trinajstić information content (AvgIpc) is 3.47. The summed E-state index contributed by atoms with van der Waals surface area (Å²) in [6.45, 7) is 5.98. The largest absolute Gasteiger partial charge is 0.493 e. The van der Waals surface area contributed by atoms with Crippen molar-refractivity contribution in [3.05, 3.63) is 24.3 Å². The molecule has 1 aliphatic carbocycles. The summed E-state index contributed by atoms with van der Waals surface area (Å²) in [5.41, 5.74) is 0. The molecule has 1 aliphatic rings. The van der Waals surface area contributed by atoms with Crippen molar-refractivity contribution in [1.29, 1.82) is 0 Å². The molecule has 1 aromatic rings. The number of hydrogen-bond donors (Lipinski definition) is 3. The quantitative estimate of drug-likeness (QED) is 0.313. The van der Waals surface area contributed by atoms with Crippen LogP contribution in [0.2, 0.25) is 0 Å². The van der Waals surface area contributed by atoms with Crippen LogP contribution in [0.25, 0.3) is 0 Å². The van der Waals surface area contributed by atoms with Crippen molar-refractivity contribution < 1.29 is 14.3 Å². The first-order valence-electron chi connectivity index (χ1n) is 9.73. The van der Waals surface area contributed by atoms with Gasteiger partial charge in [0, 0.05) is 25.6 Å². The number of carbonyl (C=O) groups excluding carboxylic acids is 1. The van der Waals surface area contributed by atoms with Crippen molar-refractivity contribution >= 4 is 11.9 Å². The zero-order valence-corrected chi connectivity index (χ0v) is 16.6. The number of benzene rings is 1. The van der Waals surface area contributed by atoms with Gasteiger partial charge in [-0.15, -0.1) is 0 Å². The van der Waals surface area contributed by atoms with E-state index in [2.05, 4.69) is 20.9 Å². The maximum absolute atomic E-state index is 11.7. The van der Waals surface area contributed by atoms with Gasteiger partial charge in [0.25, 0.3) is 0 Å². The molecule has 2 rings (SSSR count). The second kappa shape index (κ2) is 11.3.